The third-order valence-electron chi connectivity index (χ3n) is 2.19. The Morgan fingerprint density at radius 1 is 1.33 bits per heavy atom. The number of nitrogens with zero attached hydrogens (tertiary/aromatic N) is 2. The van der Waals surface area contributed by atoms with Crippen molar-refractivity contribution in [2.24, 2.45) is 5.92 Å². The SMILES string of the molecule is CCN(C)S(=O)(=O)N(C)CC(C)C(=O)O. The Balaban J connectivity index is 4.58. The van der Waals surface area contributed by atoms with Gasteiger partial charge < -0.3 is 5.11 Å². The van der Waals surface area contributed by atoms with Crippen LogP contribution in [0.4, 0.5) is 0 Å². The van der Waals surface area contributed by atoms with Crippen LogP contribution in [-0.4, -0.2) is 55.3 Å². The van der Waals surface area contributed by atoms with Gasteiger partial charge in [-0.1, -0.05) is 13.8 Å². The highest BCUT2D eigenvalue weighted by molar-refractivity contribution is 7.86. The van der Waals surface area contributed by atoms with E-state index in [1.165, 1.54) is 25.3 Å². The van der Waals surface area contributed by atoms with Gasteiger partial charge in [0.2, 0.25) is 0 Å². The van der Waals surface area contributed by atoms with Crippen molar-refractivity contribution in [1.29, 1.82) is 0 Å². The van der Waals surface area contributed by atoms with E-state index in [9.17, 15) is 13.2 Å². The lowest BCUT2D eigenvalue weighted by molar-refractivity contribution is -0.141. The highest BCUT2D eigenvalue weighted by atomic mass is 32.2. The fourth-order valence-electron chi connectivity index (χ4n) is 0.959. The Kier molecular flexibility index (Phi) is 5.19. The normalized spacial score (nSPS) is 14.5. The molecular weight excluding hydrogens is 220 g/mol. The topological polar surface area (TPSA) is 77.9 Å². The first kappa shape index (κ1) is 14.3. The molecule has 90 valence electrons. The monoisotopic (exact) mass is 238 g/mol. The molecule has 1 unspecified atom stereocenters. The molecule has 0 aromatic heterocycles. The second-order valence-electron chi connectivity index (χ2n) is 3.44. The maximum atomic E-state index is 11.7. The molecule has 0 aliphatic rings. The van der Waals surface area contributed by atoms with E-state index in [0.29, 0.717) is 6.54 Å². The quantitative estimate of drug-likeness (QED) is 0.697. The largest absolute Gasteiger partial charge is 0.481 e. The van der Waals surface area contributed by atoms with Crippen LogP contribution in [0, 0.1) is 5.92 Å². The van der Waals surface area contributed by atoms with Crippen LogP contribution in [0.15, 0.2) is 0 Å². The van der Waals surface area contributed by atoms with Gasteiger partial charge in [-0.2, -0.15) is 17.0 Å². The van der Waals surface area contributed by atoms with Crippen LogP contribution in [0.1, 0.15) is 13.8 Å². The van der Waals surface area contributed by atoms with E-state index in [1.54, 1.807) is 6.92 Å². The lowest BCUT2D eigenvalue weighted by Gasteiger charge is -2.24. The molecule has 0 radical (unpaired) electrons. The molecular formula is C8H18N2O4S. The van der Waals surface area contributed by atoms with E-state index in [2.05, 4.69) is 0 Å². The van der Waals surface area contributed by atoms with Gasteiger partial charge in [-0.25, -0.2) is 0 Å². The number of hydrogen-bond acceptors (Lipinski definition) is 3. The minimum Gasteiger partial charge on any atom is -0.481 e. The molecule has 7 heteroatoms. The Labute approximate surface area is 90.7 Å². The van der Waals surface area contributed by atoms with Crippen LogP contribution in [0.5, 0.6) is 0 Å². The molecule has 0 spiro atoms. The molecule has 0 fully saturated rings. The van der Waals surface area contributed by atoms with Crippen molar-refractivity contribution in [1.82, 2.24) is 8.61 Å². The lowest BCUT2D eigenvalue weighted by atomic mass is 10.2. The van der Waals surface area contributed by atoms with Gasteiger partial charge in [0.05, 0.1) is 5.92 Å². The molecule has 0 aliphatic carbocycles. The van der Waals surface area contributed by atoms with Crippen molar-refractivity contribution in [3.63, 3.8) is 0 Å². The third-order valence-corrected chi connectivity index (χ3v) is 4.17. The summed E-state index contributed by atoms with van der Waals surface area (Å²) in [7, 11) is -0.683. The summed E-state index contributed by atoms with van der Waals surface area (Å²) in [6, 6.07) is 0. The molecule has 0 aromatic rings. The zero-order valence-corrected chi connectivity index (χ0v) is 10.3. The van der Waals surface area contributed by atoms with Crippen LogP contribution in [0.3, 0.4) is 0 Å². The molecule has 6 nitrogen and oxygen atoms in total. The molecule has 0 rings (SSSR count). The van der Waals surface area contributed by atoms with E-state index in [0.717, 1.165) is 4.31 Å². The van der Waals surface area contributed by atoms with Crippen molar-refractivity contribution < 1.29 is 18.3 Å². The average Bonchev–Trinajstić information content (AvgIpc) is 2.15. The first-order valence-corrected chi connectivity index (χ1v) is 6.03. The Morgan fingerprint density at radius 3 is 2.13 bits per heavy atom. The zero-order valence-electron chi connectivity index (χ0n) is 9.47. The molecule has 0 aliphatic heterocycles. The summed E-state index contributed by atoms with van der Waals surface area (Å²) in [6.45, 7) is 3.52. The number of aliphatic carboxylic acids is 1. The summed E-state index contributed by atoms with van der Waals surface area (Å²) < 4.78 is 25.6. The molecule has 0 saturated heterocycles. The van der Waals surface area contributed by atoms with Crippen molar-refractivity contribution in [2.75, 3.05) is 27.2 Å². The van der Waals surface area contributed by atoms with E-state index < -0.39 is 22.1 Å². The van der Waals surface area contributed by atoms with Gasteiger partial charge in [-0.15, -0.1) is 0 Å². The first-order valence-electron chi connectivity index (χ1n) is 4.63. The second-order valence-corrected chi connectivity index (χ2v) is 5.58. The van der Waals surface area contributed by atoms with Crippen molar-refractivity contribution in [3.05, 3.63) is 0 Å². The summed E-state index contributed by atoms with van der Waals surface area (Å²) >= 11 is 0. The molecule has 15 heavy (non-hydrogen) atoms. The predicted octanol–water partition coefficient (Wildman–Crippen LogP) is -0.165. The van der Waals surface area contributed by atoms with Crippen molar-refractivity contribution in [3.8, 4) is 0 Å². The van der Waals surface area contributed by atoms with Gasteiger partial charge in [-0.05, 0) is 0 Å². The summed E-state index contributed by atoms with van der Waals surface area (Å²) in [5.41, 5.74) is 0. The minimum atomic E-state index is -3.51. The Hall–Kier alpha value is -0.660. The van der Waals surface area contributed by atoms with Gasteiger partial charge in [0.1, 0.15) is 0 Å². The molecule has 1 N–H and O–H groups in total. The van der Waals surface area contributed by atoms with Crippen LogP contribution in [0.25, 0.3) is 0 Å². The van der Waals surface area contributed by atoms with Crippen molar-refractivity contribution >= 4 is 16.2 Å². The molecule has 1 atom stereocenters. The number of carbonyl (C=O) groups is 1. The standard InChI is InChI=1S/C8H18N2O4S/c1-5-9(3)15(13,14)10(4)6-7(2)8(11)12/h7H,5-6H2,1-4H3,(H,11,12). The maximum Gasteiger partial charge on any atom is 0.307 e. The highest BCUT2D eigenvalue weighted by Crippen LogP contribution is 2.07. The van der Waals surface area contributed by atoms with Crippen LogP contribution >= 0.6 is 0 Å². The maximum absolute atomic E-state index is 11.7. The van der Waals surface area contributed by atoms with Crippen LogP contribution in [-0.2, 0) is 15.0 Å². The fraction of sp³-hybridized carbons (Fsp3) is 0.875. The average molecular weight is 238 g/mol. The summed E-state index contributed by atoms with van der Waals surface area (Å²) in [5, 5.41) is 8.66. The van der Waals surface area contributed by atoms with Gasteiger partial charge in [0.25, 0.3) is 10.2 Å². The van der Waals surface area contributed by atoms with E-state index in [1.807, 2.05) is 0 Å². The number of hydrogen-bond donors (Lipinski definition) is 1. The molecule has 0 aromatic carbocycles. The first-order chi connectivity index (χ1) is 6.73. The minimum absolute atomic E-state index is 0.0258. The van der Waals surface area contributed by atoms with Gasteiger partial charge >= 0.3 is 5.97 Å². The lowest BCUT2D eigenvalue weighted by Crippen LogP contribution is -2.42. The van der Waals surface area contributed by atoms with Crippen LogP contribution < -0.4 is 0 Å². The van der Waals surface area contributed by atoms with Gasteiger partial charge in [0.15, 0.2) is 0 Å². The summed E-state index contributed by atoms with van der Waals surface area (Å²) in [5.74, 6) is -1.72. The summed E-state index contributed by atoms with van der Waals surface area (Å²) in [6.07, 6.45) is 0. The number of rotatable bonds is 6. The molecule has 0 bridgehead atoms. The Morgan fingerprint density at radius 2 is 1.80 bits per heavy atom. The van der Waals surface area contributed by atoms with Crippen molar-refractivity contribution in [2.45, 2.75) is 13.8 Å². The predicted molar refractivity (Wildman–Crippen MR) is 56.7 cm³/mol. The van der Waals surface area contributed by atoms with Gasteiger partial charge in [0, 0.05) is 27.2 Å². The fourth-order valence-corrected chi connectivity index (χ4v) is 2.17. The molecule has 0 amide bonds. The molecule has 0 saturated carbocycles. The Bertz CT molecular complexity index is 315. The zero-order chi connectivity index (χ0) is 12.2. The highest BCUT2D eigenvalue weighted by Gasteiger charge is 2.25. The molecule has 0 heterocycles. The van der Waals surface area contributed by atoms with E-state index >= 15 is 0 Å². The smallest absolute Gasteiger partial charge is 0.307 e. The second kappa shape index (κ2) is 5.43. The number of carboxylic acids is 1. The van der Waals surface area contributed by atoms with E-state index in [-0.39, 0.29) is 6.54 Å². The number of carboxylic acid groups (broad SMARTS) is 1. The summed E-state index contributed by atoms with van der Waals surface area (Å²) in [4.78, 5) is 10.6. The van der Waals surface area contributed by atoms with E-state index in [4.69, 9.17) is 5.11 Å². The van der Waals surface area contributed by atoms with Gasteiger partial charge in [-0.3, -0.25) is 4.79 Å². The third kappa shape index (κ3) is 3.77. The van der Waals surface area contributed by atoms with Crippen LogP contribution in [0.2, 0.25) is 0 Å².